The molecule has 1 unspecified atom stereocenters. The minimum atomic E-state index is -0.0628. The molecule has 0 radical (unpaired) electrons. The van der Waals surface area contributed by atoms with Gasteiger partial charge in [-0.3, -0.25) is 4.79 Å². The molecule has 3 heteroatoms. The summed E-state index contributed by atoms with van der Waals surface area (Å²) in [6, 6.07) is 0.754. The third-order valence-corrected chi connectivity index (χ3v) is 3.17. The number of nitrogens with one attached hydrogen (secondary N) is 1. The van der Waals surface area contributed by atoms with Gasteiger partial charge in [0.1, 0.15) is 0 Å². The molecular formula is C9H15NO2. The van der Waals surface area contributed by atoms with Gasteiger partial charge in [0.2, 0.25) is 0 Å². The first kappa shape index (κ1) is 8.05. The molecule has 0 amide bonds. The zero-order valence-corrected chi connectivity index (χ0v) is 7.38. The SMILES string of the molecule is COC(=O)CC1CNC2CC1C2. The van der Waals surface area contributed by atoms with Gasteiger partial charge in [-0.25, -0.2) is 0 Å². The van der Waals surface area contributed by atoms with Crippen LogP contribution in [0.3, 0.4) is 0 Å². The highest BCUT2D eigenvalue weighted by Crippen LogP contribution is 2.39. The van der Waals surface area contributed by atoms with Crippen LogP contribution in [0, 0.1) is 11.8 Å². The maximum absolute atomic E-state index is 11.0. The van der Waals surface area contributed by atoms with Crippen molar-refractivity contribution < 1.29 is 9.53 Å². The van der Waals surface area contributed by atoms with Gasteiger partial charge in [-0.2, -0.15) is 0 Å². The molecule has 2 aliphatic heterocycles. The van der Waals surface area contributed by atoms with Gasteiger partial charge >= 0.3 is 5.97 Å². The van der Waals surface area contributed by atoms with Crippen LogP contribution in [0.2, 0.25) is 0 Å². The minimum absolute atomic E-state index is 0.0628. The number of methoxy groups -OCH3 is 1. The molecule has 12 heavy (non-hydrogen) atoms. The largest absolute Gasteiger partial charge is 0.469 e. The van der Waals surface area contributed by atoms with E-state index >= 15 is 0 Å². The number of hydrogen-bond acceptors (Lipinski definition) is 3. The molecule has 0 aromatic heterocycles. The number of ether oxygens (including phenoxy) is 1. The van der Waals surface area contributed by atoms with Crippen molar-refractivity contribution in [2.24, 2.45) is 11.8 Å². The Hall–Kier alpha value is -0.570. The van der Waals surface area contributed by atoms with E-state index in [2.05, 4.69) is 10.1 Å². The molecule has 2 heterocycles. The summed E-state index contributed by atoms with van der Waals surface area (Å²) in [7, 11) is 1.46. The van der Waals surface area contributed by atoms with Crippen LogP contribution < -0.4 is 5.32 Å². The van der Waals surface area contributed by atoms with Gasteiger partial charge in [-0.05, 0) is 31.2 Å². The van der Waals surface area contributed by atoms with Crippen LogP contribution in [-0.4, -0.2) is 25.7 Å². The Balaban J connectivity index is 1.83. The zero-order valence-electron chi connectivity index (χ0n) is 7.38. The fourth-order valence-electron chi connectivity index (χ4n) is 2.23. The number of hydrogen-bond donors (Lipinski definition) is 1. The molecule has 3 aliphatic rings. The molecule has 1 atom stereocenters. The normalized spacial score (nSPS) is 38.6. The van der Waals surface area contributed by atoms with E-state index in [1.165, 1.54) is 20.0 Å². The topological polar surface area (TPSA) is 38.3 Å². The average Bonchev–Trinajstić information content (AvgIpc) is 2.03. The summed E-state index contributed by atoms with van der Waals surface area (Å²) in [5.74, 6) is 1.25. The highest BCUT2D eigenvalue weighted by molar-refractivity contribution is 5.69. The number of carbonyl (C=O) groups is 1. The van der Waals surface area contributed by atoms with E-state index in [9.17, 15) is 4.79 Å². The Morgan fingerprint density at radius 3 is 2.83 bits per heavy atom. The molecule has 3 fully saturated rings. The zero-order chi connectivity index (χ0) is 8.55. The van der Waals surface area contributed by atoms with E-state index in [-0.39, 0.29) is 5.97 Å². The second kappa shape index (κ2) is 3.05. The summed E-state index contributed by atoms with van der Waals surface area (Å²) in [5.41, 5.74) is 0. The number of esters is 1. The summed E-state index contributed by atoms with van der Waals surface area (Å²) in [6.45, 7) is 1.00. The van der Waals surface area contributed by atoms with E-state index < -0.39 is 0 Å². The van der Waals surface area contributed by atoms with Crippen LogP contribution in [0.15, 0.2) is 0 Å². The second-order valence-electron chi connectivity index (χ2n) is 3.88. The molecular weight excluding hydrogens is 154 g/mol. The predicted octanol–water partition coefficient (Wildman–Crippen LogP) is 0.547. The van der Waals surface area contributed by atoms with E-state index in [4.69, 9.17) is 0 Å². The van der Waals surface area contributed by atoms with Gasteiger partial charge in [0.05, 0.1) is 7.11 Å². The quantitative estimate of drug-likeness (QED) is 0.613. The average molecular weight is 169 g/mol. The van der Waals surface area contributed by atoms with E-state index in [0.29, 0.717) is 12.3 Å². The molecule has 1 N–H and O–H groups in total. The Morgan fingerprint density at radius 1 is 1.58 bits per heavy atom. The summed E-state index contributed by atoms with van der Waals surface area (Å²) in [6.07, 6.45) is 3.13. The third-order valence-electron chi connectivity index (χ3n) is 3.17. The number of rotatable bonds is 2. The molecule has 3 nitrogen and oxygen atoms in total. The van der Waals surface area contributed by atoms with Crippen molar-refractivity contribution in [2.45, 2.75) is 25.3 Å². The first-order valence-corrected chi connectivity index (χ1v) is 4.60. The Morgan fingerprint density at radius 2 is 2.33 bits per heavy atom. The van der Waals surface area contributed by atoms with Crippen LogP contribution in [-0.2, 0) is 9.53 Å². The van der Waals surface area contributed by atoms with Crippen molar-refractivity contribution in [3.63, 3.8) is 0 Å². The fourth-order valence-corrected chi connectivity index (χ4v) is 2.23. The van der Waals surface area contributed by atoms with Gasteiger partial charge in [-0.1, -0.05) is 0 Å². The number of piperidine rings is 2. The molecule has 2 bridgehead atoms. The van der Waals surface area contributed by atoms with Crippen molar-refractivity contribution in [3.05, 3.63) is 0 Å². The third kappa shape index (κ3) is 1.33. The van der Waals surface area contributed by atoms with Crippen LogP contribution >= 0.6 is 0 Å². The molecule has 1 saturated carbocycles. The Labute approximate surface area is 72.5 Å². The standard InChI is InChI=1S/C9H15NO2/c1-12-9(11)4-7-5-10-8-2-6(7)3-8/h6-8,10H,2-5H2,1H3. The highest BCUT2D eigenvalue weighted by atomic mass is 16.5. The van der Waals surface area contributed by atoms with Crippen molar-refractivity contribution in [3.8, 4) is 0 Å². The lowest BCUT2D eigenvalue weighted by Crippen LogP contribution is -2.54. The smallest absolute Gasteiger partial charge is 0.305 e. The first-order valence-electron chi connectivity index (χ1n) is 4.60. The highest BCUT2D eigenvalue weighted by Gasteiger charge is 2.40. The number of fused-ring (bicyclic) bond motifs is 2. The first-order chi connectivity index (χ1) is 5.79. The van der Waals surface area contributed by atoms with Gasteiger partial charge in [0, 0.05) is 12.5 Å². The molecule has 0 aromatic carbocycles. The second-order valence-corrected chi connectivity index (χ2v) is 3.88. The van der Waals surface area contributed by atoms with Gasteiger partial charge in [0.25, 0.3) is 0 Å². The summed E-state index contributed by atoms with van der Waals surface area (Å²) in [4.78, 5) is 11.0. The lowest BCUT2D eigenvalue weighted by Gasteiger charge is -2.47. The van der Waals surface area contributed by atoms with Crippen molar-refractivity contribution in [2.75, 3.05) is 13.7 Å². The van der Waals surface area contributed by atoms with Gasteiger partial charge in [-0.15, -0.1) is 0 Å². The molecule has 3 rings (SSSR count). The number of carbonyl (C=O) groups excluding carboxylic acids is 1. The van der Waals surface area contributed by atoms with Gasteiger partial charge in [0.15, 0.2) is 0 Å². The lowest BCUT2D eigenvalue weighted by atomic mass is 9.68. The lowest BCUT2D eigenvalue weighted by molar-refractivity contribution is -0.143. The molecule has 0 spiro atoms. The van der Waals surface area contributed by atoms with Crippen molar-refractivity contribution in [1.29, 1.82) is 0 Å². The summed E-state index contributed by atoms with van der Waals surface area (Å²) >= 11 is 0. The maximum Gasteiger partial charge on any atom is 0.305 e. The van der Waals surface area contributed by atoms with Crippen molar-refractivity contribution >= 4 is 5.97 Å². The summed E-state index contributed by atoms with van der Waals surface area (Å²) in [5, 5.41) is 3.42. The van der Waals surface area contributed by atoms with Crippen LogP contribution in [0.4, 0.5) is 0 Å². The van der Waals surface area contributed by atoms with E-state index in [1.807, 2.05) is 0 Å². The summed E-state index contributed by atoms with van der Waals surface area (Å²) < 4.78 is 4.65. The Kier molecular flexibility index (Phi) is 2.05. The van der Waals surface area contributed by atoms with Crippen LogP contribution in [0.1, 0.15) is 19.3 Å². The minimum Gasteiger partial charge on any atom is -0.469 e. The van der Waals surface area contributed by atoms with Crippen LogP contribution in [0.5, 0.6) is 0 Å². The Bertz CT molecular complexity index is 184. The molecule has 0 aromatic rings. The van der Waals surface area contributed by atoms with Gasteiger partial charge < -0.3 is 10.1 Å². The maximum atomic E-state index is 11.0. The fraction of sp³-hybridized carbons (Fsp3) is 0.889. The van der Waals surface area contributed by atoms with Crippen LogP contribution in [0.25, 0.3) is 0 Å². The predicted molar refractivity (Wildman–Crippen MR) is 44.6 cm³/mol. The van der Waals surface area contributed by atoms with E-state index in [0.717, 1.165) is 18.5 Å². The molecule has 2 saturated heterocycles. The van der Waals surface area contributed by atoms with Crippen molar-refractivity contribution in [1.82, 2.24) is 5.32 Å². The molecule has 68 valence electrons. The monoisotopic (exact) mass is 169 g/mol. The van der Waals surface area contributed by atoms with E-state index in [1.54, 1.807) is 0 Å². The molecule has 1 aliphatic carbocycles.